The Kier molecular flexibility index (Phi) is 5.47. The predicted octanol–water partition coefficient (Wildman–Crippen LogP) is 3.81. The van der Waals surface area contributed by atoms with Gasteiger partial charge in [0.1, 0.15) is 19.9 Å². The number of benzene rings is 1. The smallest absolute Gasteiger partial charge is 0.356 e. The lowest BCUT2D eigenvalue weighted by atomic mass is 9.99. The third kappa shape index (κ3) is 3.89. The van der Waals surface area contributed by atoms with Gasteiger partial charge in [0.05, 0.1) is 24.0 Å². The molecule has 6 nitrogen and oxygen atoms in total. The zero-order valence-electron chi connectivity index (χ0n) is 18.0. The maximum Gasteiger partial charge on any atom is 0.356 e. The fourth-order valence-corrected chi connectivity index (χ4v) is 5.11. The minimum Gasteiger partial charge on any atom is -0.464 e. The van der Waals surface area contributed by atoms with Crippen molar-refractivity contribution in [2.24, 2.45) is 0 Å². The van der Waals surface area contributed by atoms with Crippen LogP contribution in [0.2, 0.25) is 19.6 Å². The third-order valence-corrected chi connectivity index (χ3v) is 7.15. The molecule has 0 radical (unpaired) electrons. The largest absolute Gasteiger partial charge is 0.464 e. The molecule has 0 spiro atoms. The predicted molar refractivity (Wildman–Crippen MR) is 123 cm³/mol. The van der Waals surface area contributed by atoms with Crippen molar-refractivity contribution in [3.63, 3.8) is 0 Å². The van der Waals surface area contributed by atoms with Crippen LogP contribution in [0.25, 0.3) is 16.8 Å². The van der Waals surface area contributed by atoms with Crippen molar-refractivity contribution in [2.75, 3.05) is 7.11 Å². The number of aliphatic hydroxyl groups excluding tert-OH is 1. The van der Waals surface area contributed by atoms with E-state index in [0.717, 1.165) is 16.4 Å². The van der Waals surface area contributed by atoms with Crippen molar-refractivity contribution < 1.29 is 14.6 Å². The van der Waals surface area contributed by atoms with E-state index in [4.69, 9.17) is 9.84 Å². The Balaban J connectivity index is 1.97. The van der Waals surface area contributed by atoms with Gasteiger partial charge in [0.25, 0.3) is 0 Å². The van der Waals surface area contributed by atoms with Crippen LogP contribution >= 0.6 is 0 Å². The summed E-state index contributed by atoms with van der Waals surface area (Å²) >= 11 is 0. The standard InChI is InChI=1S/C24H25N3O3Si/c1-30-24(29)18-13-8-12-17(25-18)23(28)21-19-14-9-15-20(31(2,3)4)27(19)26-22(21)16-10-6-5-7-11-16/h5-15,23,28H,1-4H3. The number of methoxy groups -OCH3 is 1. The second-order valence-corrected chi connectivity index (χ2v) is 13.4. The van der Waals surface area contributed by atoms with Gasteiger partial charge >= 0.3 is 5.97 Å². The molecule has 158 valence electrons. The van der Waals surface area contributed by atoms with Crippen molar-refractivity contribution in [1.29, 1.82) is 0 Å². The Hall–Kier alpha value is -3.29. The number of aliphatic hydroxyl groups is 1. The Labute approximate surface area is 182 Å². The van der Waals surface area contributed by atoms with Crippen LogP contribution in [0.3, 0.4) is 0 Å². The Bertz CT molecular complexity index is 1250. The summed E-state index contributed by atoms with van der Waals surface area (Å²) < 4.78 is 6.74. The van der Waals surface area contributed by atoms with Crippen LogP contribution < -0.4 is 5.32 Å². The molecule has 0 bridgehead atoms. The van der Waals surface area contributed by atoms with Crippen LogP contribution in [0, 0.1) is 0 Å². The van der Waals surface area contributed by atoms with E-state index in [1.807, 2.05) is 47.0 Å². The van der Waals surface area contributed by atoms with Crippen LogP contribution in [0.1, 0.15) is 27.8 Å². The minimum absolute atomic E-state index is 0.152. The number of ether oxygens (including phenoxy) is 1. The Morgan fingerprint density at radius 2 is 1.71 bits per heavy atom. The summed E-state index contributed by atoms with van der Waals surface area (Å²) in [4.78, 5) is 16.3. The number of carbonyl (C=O) groups is 1. The van der Waals surface area contributed by atoms with Crippen LogP contribution in [0.4, 0.5) is 0 Å². The van der Waals surface area contributed by atoms with Crippen molar-refractivity contribution in [3.05, 3.63) is 83.7 Å². The molecule has 0 fully saturated rings. The van der Waals surface area contributed by atoms with Gasteiger partial charge in [-0.3, -0.25) is 0 Å². The molecule has 0 saturated carbocycles. The number of carbonyl (C=O) groups excluding carboxylic acids is 1. The zero-order chi connectivity index (χ0) is 22.2. The highest BCUT2D eigenvalue weighted by Gasteiger charge is 2.28. The van der Waals surface area contributed by atoms with Gasteiger partial charge in [0.2, 0.25) is 0 Å². The molecule has 1 atom stereocenters. The summed E-state index contributed by atoms with van der Waals surface area (Å²) in [7, 11) is -0.400. The molecule has 3 aromatic heterocycles. The van der Waals surface area contributed by atoms with Gasteiger partial charge in [0, 0.05) is 16.4 Å². The van der Waals surface area contributed by atoms with Crippen LogP contribution in [-0.4, -0.2) is 40.9 Å². The molecule has 0 aliphatic rings. The van der Waals surface area contributed by atoms with E-state index in [1.54, 1.807) is 18.2 Å². The van der Waals surface area contributed by atoms with Crippen molar-refractivity contribution in [1.82, 2.24) is 14.6 Å². The molecule has 1 N–H and O–H groups in total. The number of pyridine rings is 2. The average molecular weight is 432 g/mol. The maximum absolute atomic E-state index is 12.0. The van der Waals surface area contributed by atoms with Gasteiger partial charge < -0.3 is 9.84 Å². The Morgan fingerprint density at radius 3 is 2.39 bits per heavy atom. The SMILES string of the molecule is COC(=O)c1cccc(C(O)c2c(-c3ccccc3)nn3c([Si](C)(C)C)cccc23)n1. The number of esters is 1. The molecule has 0 amide bonds. The van der Waals surface area contributed by atoms with Crippen molar-refractivity contribution in [3.8, 4) is 11.3 Å². The number of nitrogens with zero attached hydrogens (tertiary/aromatic N) is 3. The van der Waals surface area contributed by atoms with Crippen LogP contribution in [-0.2, 0) is 4.74 Å². The molecule has 0 saturated heterocycles. The second kappa shape index (κ2) is 8.09. The quantitative estimate of drug-likeness (QED) is 0.384. The number of rotatable bonds is 5. The zero-order valence-corrected chi connectivity index (χ0v) is 19.0. The van der Waals surface area contributed by atoms with E-state index in [1.165, 1.54) is 7.11 Å². The summed E-state index contributed by atoms with van der Waals surface area (Å²) in [5, 5.41) is 17.5. The molecule has 3 heterocycles. The minimum atomic E-state index is -1.71. The lowest BCUT2D eigenvalue weighted by Gasteiger charge is -2.18. The summed E-state index contributed by atoms with van der Waals surface area (Å²) in [5.41, 5.74) is 3.63. The molecular weight excluding hydrogens is 406 g/mol. The molecule has 1 unspecified atom stereocenters. The lowest BCUT2D eigenvalue weighted by Crippen LogP contribution is -2.42. The highest BCUT2D eigenvalue weighted by molar-refractivity contribution is 6.88. The van der Waals surface area contributed by atoms with Gasteiger partial charge in [0.15, 0.2) is 0 Å². The fourth-order valence-electron chi connectivity index (χ4n) is 3.70. The number of aromatic nitrogens is 3. The summed E-state index contributed by atoms with van der Waals surface area (Å²) in [6, 6.07) is 20.8. The topological polar surface area (TPSA) is 76.7 Å². The molecule has 7 heteroatoms. The van der Waals surface area contributed by atoms with Crippen molar-refractivity contribution >= 4 is 24.9 Å². The van der Waals surface area contributed by atoms with E-state index in [-0.39, 0.29) is 5.69 Å². The van der Waals surface area contributed by atoms with E-state index < -0.39 is 20.1 Å². The van der Waals surface area contributed by atoms with Gasteiger partial charge in [-0.2, -0.15) is 5.10 Å². The molecular formula is C24H25N3O3Si. The van der Waals surface area contributed by atoms with E-state index in [9.17, 15) is 9.90 Å². The summed E-state index contributed by atoms with van der Waals surface area (Å²) in [5.74, 6) is -0.543. The number of hydrogen-bond acceptors (Lipinski definition) is 5. The van der Waals surface area contributed by atoms with E-state index >= 15 is 0 Å². The maximum atomic E-state index is 12.0. The van der Waals surface area contributed by atoms with Gasteiger partial charge in [-0.05, 0) is 24.3 Å². The van der Waals surface area contributed by atoms with Crippen molar-refractivity contribution in [2.45, 2.75) is 25.7 Å². The lowest BCUT2D eigenvalue weighted by molar-refractivity contribution is 0.0593. The average Bonchev–Trinajstić information content (AvgIpc) is 3.17. The molecule has 31 heavy (non-hydrogen) atoms. The van der Waals surface area contributed by atoms with Gasteiger partial charge in [-0.25, -0.2) is 14.3 Å². The third-order valence-electron chi connectivity index (χ3n) is 5.23. The van der Waals surface area contributed by atoms with E-state index in [2.05, 4.69) is 30.7 Å². The molecule has 0 aliphatic carbocycles. The summed E-state index contributed by atoms with van der Waals surface area (Å²) in [6.45, 7) is 6.80. The monoisotopic (exact) mass is 431 g/mol. The van der Waals surface area contributed by atoms with Gasteiger partial charge in [-0.1, -0.05) is 62.1 Å². The highest BCUT2D eigenvalue weighted by Crippen LogP contribution is 2.34. The first-order valence-corrected chi connectivity index (χ1v) is 13.6. The van der Waals surface area contributed by atoms with Crippen LogP contribution in [0.5, 0.6) is 0 Å². The number of fused-ring (bicyclic) bond motifs is 1. The second-order valence-electron chi connectivity index (χ2n) is 8.43. The van der Waals surface area contributed by atoms with E-state index in [0.29, 0.717) is 17.0 Å². The molecule has 4 rings (SSSR count). The normalized spacial score (nSPS) is 12.7. The van der Waals surface area contributed by atoms with Crippen LogP contribution in [0.15, 0.2) is 66.7 Å². The Morgan fingerprint density at radius 1 is 1.00 bits per heavy atom. The fraction of sp³-hybridized carbons (Fsp3) is 0.208. The highest BCUT2D eigenvalue weighted by atomic mass is 28.3. The molecule has 4 aromatic rings. The molecule has 0 aliphatic heterocycles. The number of hydrogen-bond donors (Lipinski definition) is 1. The molecule has 1 aromatic carbocycles. The first-order chi connectivity index (χ1) is 14.8. The van der Waals surface area contributed by atoms with Gasteiger partial charge in [-0.15, -0.1) is 0 Å². The summed E-state index contributed by atoms with van der Waals surface area (Å²) in [6.07, 6.45) is -1.06. The first-order valence-electron chi connectivity index (χ1n) is 10.1. The first kappa shape index (κ1) is 21.0.